The Bertz CT molecular complexity index is 1200. The van der Waals surface area contributed by atoms with E-state index in [4.69, 9.17) is 9.72 Å². The summed E-state index contributed by atoms with van der Waals surface area (Å²) in [5, 5.41) is 0. The van der Waals surface area contributed by atoms with Gasteiger partial charge in [0.25, 0.3) is 5.91 Å². The van der Waals surface area contributed by atoms with Crippen LogP contribution in [0.15, 0.2) is 48.5 Å². The third-order valence-corrected chi connectivity index (χ3v) is 6.22. The van der Waals surface area contributed by atoms with Gasteiger partial charge in [0.15, 0.2) is 11.6 Å². The van der Waals surface area contributed by atoms with Crippen LogP contribution >= 0.6 is 0 Å². The molecule has 176 valence electrons. The largest absolute Gasteiger partial charge is 0.435 e. The number of aromatic nitrogens is 2. The Labute approximate surface area is 196 Å². The standard InChI is InChI=1S/C25H25F2N5O2/c1-30-12-14-31(15-13-30)25-28-21-10-11-32(24(33)17-6-8-18(26)9-7-17)16-19(21)23(29-25)34-22-5-3-2-4-20(22)27/h2-9H,10-16H2,1H3. The van der Waals surface area contributed by atoms with Gasteiger partial charge in [-0.2, -0.15) is 4.98 Å². The Hall–Kier alpha value is -3.59. The summed E-state index contributed by atoms with van der Waals surface area (Å²) in [6.45, 7) is 4.03. The van der Waals surface area contributed by atoms with Crippen molar-refractivity contribution in [2.24, 2.45) is 0 Å². The number of carbonyl (C=O) groups is 1. The van der Waals surface area contributed by atoms with E-state index in [0.717, 1.165) is 31.9 Å². The van der Waals surface area contributed by atoms with Crippen LogP contribution in [0.25, 0.3) is 0 Å². The Balaban J connectivity index is 1.48. The van der Waals surface area contributed by atoms with Crippen molar-refractivity contribution in [3.05, 3.63) is 77.0 Å². The summed E-state index contributed by atoms with van der Waals surface area (Å²) in [4.78, 5) is 28.5. The van der Waals surface area contributed by atoms with E-state index in [9.17, 15) is 13.6 Å². The SMILES string of the molecule is CN1CCN(c2nc3c(c(Oc4ccccc4F)n2)CN(C(=O)c2ccc(F)cc2)CC3)CC1. The minimum atomic E-state index is -0.494. The van der Waals surface area contributed by atoms with Crippen molar-refractivity contribution in [1.82, 2.24) is 19.8 Å². The third-order valence-electron chi connectivity index (χ3n) is 6.22. The molecule has 5 rings (SSSR count). The molecule has 1 aromatic heterocycles. The van der Waals surface area contributed by atoms with Crippen LogP contribution in [0.4, 0.5) is 14.7 Å². The first kappa shape index (κ1) is 22.2. The summed E-state index contributed by atoms with van der Waals surface area (Å²) >= 11 is 0. The molecule has 34 heavy (non-hydrogen) atoms. The van der Waals surface area contributed by atoms with Gasteiger partial charge in [-0.15, -0.1) is 0 Å². The molecule has 1 fully saturated rings. The van der Waals surface area contributed by atoms with Crippen molar-refractivity contribution in [2.75, 3.05) is 44.7 Å². The molecular weight excluding hydrogens is 440 g/mol. The monoisotopic (exact) mass is 465 g/mol. The molecule has 0 aliphatic carbocycles. The van der Waals surface area contributed by atoms with Gasteiger partial charge in [-0.05, 0) is 43.4 Å². The van der Waals surface area contributed by atoms with Gasteiger partial charge in [-0.1, -0.05) is 12.1 Å². The number of amides is 1. The first-order valence-corrected chi connectivity index (χ1v) is 11.3. The second-order valence-electron chi connectivity index (χ2n) is 8.56. The third kappa shape index (κ3) is 4.56. The highest BCUT2D eigenvalue weighted by Gasteiger charge is 2.29. The fourth-order valence-electron chi connectivity index (χ4n) is 4.18. The van der Waals surface area contributed by atoms with Gasteiger partial charge < -0.3 is 19.4 Å². The predicted octanol–water partition coefficient (Wildman–Crippen LogP) is 3.50. The van der Waals surface area contributed by atoms with Gasteiger partial charge in [-0.3, -0.25) is 4.79 Å². The maximum absolute atomic E-state index is 14.4. The van der Waals surface area contributed by atoms with Crippen LogP contribution in [0.3, 0.4) is 0 Å². The number of ether oxygens (including phenoxy) is 1. The lowest BCUT2D eigenvalue weighted by Gasteiger charge is -2.34. The summed E-state index contributed by atoms with van der Waals surface area (Å²) in [6, 6.07) is 11.6. The molecule has 2 aliphatic rings. The highest BCUT2D eigenvalue weighted by molar-refractivity contribution is 5.94. The zero-order chi connectivity index (χ0) is 23.7. The normalized spacial score (nSPS) is 16.3. The molecule has 9 heteroatoms. The number of anilines is 1. The number of fused-ring (bicyclic) bond motifs is 1. The van der Waals surface area contributed by atoms with E-state index in [-0.39, 0.29) is 24.1 Å². The topological polar surface area (TPSA) is 61.8 Å². The van der Waals surface area contributed by atoms with Gasteiger partial charge in [0.2, 0.25) is 11.8 Å². The lowest BCUT2D eigenvalue weighted by Crippen LogP contribution is -2.45. The second kappa shape index (κ2) is 9.34. The highest BCUT2D eigenvalue weighted by Crippen LogP contribution is 2.33. The molecule has 1 saturated heterocycles. The summed E-state index contributed by atoms with van der Waals surface area (Å²) in [5.74, 6) is -0.241. The fourth-order valence-corrected chi connectivity index (χ4v) is 4.18. The number of benzene rings is 2. The van der Waals surface area contributed by atoms with Crippen molar-refractivity contribution >= 4 is 11.9 Å². The Morgan fingerprint density at radius 1 is 0.941 bits per heavy atom. The predicted molar refractivity (Wildman–Crippen MR) is 123 cm³/mol. The average molecular weight is 466 g/mol. The van der Waals surface area contributed by atoms with Gasteiger partial charge in [0.05, 0.1) is 17.8 Å². The molecule has 2 aliphatic heterocycles. The van der Waals surface area contributed by atoms with Crippen LogP contribution in [0, 0.1) is 11.6 Å². The highest BCUT2D eigenvalue weighted by atomic mass is 19.1. The summed E-state index contributed by atoms with van der Waals surface area (Å²) in [7, 11) is 2.07. The second-order valence-corrected chi connectivity index (χ2v) is 8.56. The summed E-state index contributed by atoms with van der Waals surface area (Å²) in [5.41, 5.74) is 1.85. The molecule has 7 nitrogen and oxygen atoms in total. The van der Waals surface area contributed by atoms with E-state index < -0.39 is 11.6 Å². The molecule has 3 aromatic rings. The van der Waals surface area contributed by atoms with E-state index >= 15 is 0 Å². The number of nitrogens with zero attached hydrogens (tertiary/aromatic N) is 5. The number of hydrogen-bond donors (Lipinski definition) is 0. The number of hydrogen-bond acceptors (Lipinski definition) is 6. The van der Waals surface area contributed by atoms with Crippen LogP contribution in [0.2, 0.25) is 0 Å². The first-order chi connectivity index (χ1) is 16.5. The molecule has 0 N–H and O–H groups in total. The zero-order valence-electron chi connectivity index (χ0n) is 18.9. The molecular formula is C25H25F2N5O2. The number of halogens is 2. The molecule has 0 bridgehead atoms. The average Bonchev–Trinajstić information content (AvgIpc) is 2.85. The molecule has 0 saturated carbocycles. The fraction of sp³-hybridized carbons (Fsp3) is 0.320. The maximum atomic E-state index is 14.4. The van der Waals surface area contributed by atoms with Crippen molar-refractivity contribution in [3.63, 3.8) is 0 Å². The van der Waals surface area contributed by atoms with Crippen LogP contribution in [0.1, 0.15) is 21.6 Å². The van der Waals surface area contributed by atoms with Crippen molar-refractivity contribution in [1.29, 1.82) is 0 Å². The van der Waals surface area contributed by atoms with E-state index in [2.05, 4.69) is 21.8 Å². The van der Waals surface area contributed by atoms with Crippen LogP contribution in [-0.4, -0.2) is 65.4 Å². The minimum Gasteiger partial charge on any atom is -0.435 e. The summed E-state index contributed by atoms with van der Waals surface area (Å²) < 4.78 is 33.6. The van der Waals surface area contributed by atoms with E-state index in [0.29, 0.717) is 30.0 Å². The first-order valence-electron chi connectivity index (χ1n) is 11.3. The Morgan fingerprint density at radius 2 is 1.68 bits per heavy atom. The Kier molecular flexibility index (Phi) is 6.10. The van der Waals surface area contributed by atoms with Crippen LogP contribution in [0.5, 0.6) is 11.6 Å². The molecule has 2 aromatic carbocycles. The number of carbonyl (C=O) groups excluding carboxylic acids is 1. The molecule has 0 spiro atoms. The van der Waals surface area contributed by atoms with Gasteiger partial charge >= 0.3 is 0 Å². The number of rotatable bonds is 4. The van der Waals surface area contributed by atoms with E-state index in [1.807, 2.05) is 0 Å². The lowest BCUT2D eigenvalue weighted by molar-refractivity contribution is 0.0732. The maximum Gasteiger partial charge on any atom is 0.254 e. The molecule has 1 amide bonds. The van der Waals surface area contributed by atoms with Gasteiger partial charge in [-0.25, -0.2) is 13.8 Å². The lowest BCUT2D eigenvalue weighted by atomic mass is 10.0. The Morgan fingerprint density at radius 3 is 2.41 bits per heavy atom. The minimum absolute atomic E-state index is 0.0645. The molecule has 0 radical (unpaired) electrons. The quantitative estimate of drug-likeness (QED) is 0.588. The van der Waals surface area contributed by atoms with Crippen molar-refractivity contribution < 1.29 is 18.3 Å². The van der Waals surface area contributed by atoms with Gasteiger partial charge in [0, 0.05) is 44.7 Å². The number of piperazine rings is 1. The van der Waals surface area contributed by atoms with Crippen LogP contribution in [-0.2, 0) is 13.0 Å². The molecule has 0 atom stereocenters. The van der Waals surface area contributed by atoms with Crippen molar-refractivity contribution in [2.45, 2.75) is 13.0 Å². The van der Waals surface area contributed by atoms with Gasteiger partial charge in [0.1, 0.15) is 5.82 Å². The molecule has 0 unspecified atom stereocenters. The number of para-hydroxylation sites is 1. The van der Waals surface area contributed by atoms with Crippen molar-refractivity contribution in [3.8, 4) is 11.6 Å². The van der Waals surface area contributed by atoms with Crippen LogP contribution < -0.4 is 9.64 Å². The van der Waals surface area contributed by atoms with E-state index in [1.54, 1.807) is 23.1 Å². The summed E-state index contributed by atoms with van der Waals surface area (Å²) in [6.07, 6.45) is 0.513. The zero-order valence-corrected chi connectivity index (χ0v) is 18.9. The smallest absolute Gasteiger partial charge is 0.254 e. The number of likely N-dealkylation sites (N-methyl/N-ethyl adjacent to an activating group) is 1. The van der Waals surface area contributed by atoms with E-state index in [1.165, 1.54) is 30.3 Å². The molecule has 3 heterocycles.